The Kier molecular flexibility index (Phi) is 8.03. The second-order valence-electron chi connectivity index (χ2n) is 6.79. The minimum atomic E-state index is -4.41. The summed E-state index contributed by atoms with van der Waals surface area (Å²) >= 11 is 1.39. The topological polar surface area (TPSA) is 76.0 Å². The number of aliphatic carboxylic acids is 1. The third kappa shape index (κ3) is 7.14. The van der Waals surface area contributed by atoms with Gasteiger partial charge in [0.2, 0.25) is 0 Å². The Morgan fingerprint density at radius 3 is 2.30 bits per heavy atom. The summed E-state index contributed by atoms with van der Waals surface area (Å²) in [5, 5.41) is 19.5. The van der Waals surface area contributed by atoms with E-state index < -0.39 is 29.9 Å². The third-order valence-corrected chi connectivity index (χ3v) is 5.62. The van der Waals surface area contributed by atoms with E-state index in [-0.39, 0.29) is 12.4 Å². The summed E-state index contributed by atoms with van der Waals surface area (Å²) in [4.78, 5) is 11.5. The number of halogens is 3. The summed E-state index contributed by atoms with van der Waals surface area (Å²) in [6.07, 6.45) is -4.02. The van der Waals surface area contributed by atoms with Gasteiger partial charge < -0.3 is 19.7 Å². The van der Waals surface area contributed by atoms with E-state index in [1.54, 1.807) is 26.0 Å². The van der Waals surface area contributed by atoms with Crippen LogP contribution in [0.2, 0.25) is 0 Å². The summed E-state index contributed by atoms with van der Waals surface area (Å²) < 4.78 is 48.6. The molecule has 0 heterocycles. The van der Waals surface area contributed by atoms with Crippen molar-refractivity contribution in [2.75, 3.05) is 19.0 Å². The molecule has 0 amide bonds. The van der Waals surface area contributed by atoms with Crippen LogP contribution >= 0.6 is 11.8 Å². The summed E-state index contributed by atoms with van der Waals surface area (Å²) in [7, 11) is 0. The molecule has 2 rings (SSSR count). The molecule has 0 saturated heterocycles. The van der Waals surface area contributed by atoms with Crippen LogP contribution in [0.4, 0.5) is 13.2 Å². The molecule has 1 atom stereocenters. The van der Waals surface area contributed by atoms with E-state index in [1.165, 1.54) is 23.9 Å². The Labute approximate surface area is 176 Å². The first-order chi connectivity index (χ1) is 14.0. The number of aliphatic hydroxyl groups is 1. The van der Waals surface area contributed by atoms with Gasteiger partial charge in [-0.15, -0.1) is 11.8 Å². The third-order valence-electron chi connectivity index (χ3n) is 4.35. The van der Waals surface area contributed by atoms with Gasteiger partial charge in [-0.25, -0.2) is 4.79 Å². The van der Waals surface area contributed by atoms with Gasteiger partial charge in [0.25, 0.3) is 0 Å². The van der Waals surface area contributed by atoms with Crippen molar-refractivity contribution >= 4 is 17.7 Å². The molecular formula is C21H23F3O5S. The van der Waals surface area contributed by atoms with Gasteiger partial charge in [0, 0.05) is 10.6 Å². The zero-order valence-corrected chi connectivity index (χ0v) is 17.3. The van der Waals surface area contributed by atoms with E-state index in [0.29, 0.717) is 17.9 Å². The highest BCUT2D eigenvalue weighted by Crippen LogP contribution is 2.32. The molecule has 9 heteroatoms. The minimum absolute atomic E-state index is 0.0688. The van der Waals surface area contributed by atoms with Crippen molar-refractivity contribution in [2.45, 2.75) is 36.9 Å². The maximum Gasteiger partial charge on any atom is 0.416 e. The number of alkyl halides is 3. The number of hydrogen-bond donors (Lipinski definition) is 2. The number of hydrogen-bond acceptors (Lipinski definition) is 5. The van der Waals surface area contributed by atoms with E-state index in [4.69, 9.17) is 14.6 Å². The van der Waals surface area contributed by atoms with Crippen LogP contribution < -0.4 is 9.47 Å². The summed E-state index contributed by atoms with van der Waals surface area (Å²) in [6.45, 7) is 3.09. The van der Waals surface area contributed by atoms with Crippen LogP contribution in [0.3, 0.4) is 0 Å². The molecule has 0 saturated carbocycles. The molecule has 0 spiro atoms. The first-order valence-electron chi connectivity index (χ1n) is 9.13. The van der Waals surface area contributed by atoms with Crippen LogP contribution in [0.5, 0.6) is 11.5 Å². The molecule has 0 aliphatic heterocycles. The lowest BCUT2D eigenvalue weighted by molar-refractivity contribution is -0.139. The number of benzene rings is 2. The Morgan fingerprint density at radius 1 is 1.10 bits per heavy atom. The Morgan fingerprint density at radius 2 is 1.77 bits per heavy atom. The molecule has 0 aliphatic rings. The Balaban J connectivity index is 1.93. The predicted octanol–water partition coefficient (Wildman–Crippen LogP) is 4.79. The largest absolute Gasteiger partial charge is 0.491 e. The lowest BCUT2D eigenvalue weighted by Gasteiger charge is -2.26. The predicted molar refractivity (Wildman–Crippen MR) is 107 cm³/mol. The van der Waals surface area contributed by atoms with Crippen molar-refractivity contribution in [3.63, 3.8) is 0 Å². The van der Waals surface area contributed by atoms with Gasteiger partial charge in [-0.05, 0) is 61.4 Å². The number of carboxylic acid groups (broad SMARTS) is 1. The van der Waals surface area contributed by atoms with Gasteiger partial charge in [0.05, 0.1) is 5.56 Å². The zero-order valence-electron chi connectivity index (χ0n) is 16.5. The van der Waals surface area contributed by atoms with Gasteiger partial charge in [0.15, 0.2) is 6.61 Å². The average molecular weight is 444 g/mol. The van der Waals surface area contributed by atoms with Gasteiger partial charge >= 0.3 is 12.1 Å². The van der Waals surface area contributed by atoms with Gasteiger partial charge in [-0.3, -0.25) is 0 Å². The molecule has 5 nitrogen and oxygen atoms in total. The molecule has 0 aromatic heterocycles. The van der Waals surface area contributed by atoms with E-state index in [2.05, 4.69) is 0 Å². The zero-order chi connectivity index (χ0) is 22.4. The lowest BCUT2D eigenvalue weighted by Crippen LogP contribution is -2.38. The smallest absolute Gasteiger partial charge is 0.416 e. The Hall–Kier alpha value is -2.39. The first kappa shape index (κ1) is 23.9. The normalized spacial score (nSPS) is 13.5. The molecule has 30 heavy (non-hydrogen) atoms. The summed E-state index contributed by atoms with van der Waals surface area (Å²) in [5.41, 5.74) is -1.18. The van der Waals surface area contributed by atoms with Crippen LogP contribution in [0.15, 0.2) is 47.4 Å². The van der Waals surface area contributed by atoms with E-state index in [1.807, 2.05) is 6.07 Å². The number of aryl methyl sites for hydroxylation is 1. The quantitative estimate of drug-likeness (QED) is 0.513. The van der Waals surface area contributed by atoms with Gasteiger partial charge in [-0.2, -0.15) is 13.2 Å². The van der Waals surface area contributed by atoms with Crippen molar-refractivity contribution in [3.8, 4) is 11.5 Å². The van der Waals surface area contributed by atoms with E-state index in [9.17, 15) is 23.1 Å². The van der Waals surface area contributed by atoms with Crippen LogP contribution in [0.25, 0.3) is 0 Å². The first-order valence-corrected chi connectivity index (χ1v) is 10.1. The fourth-order valence-corrected chi connectivity index (χ4v) is 3.58. The molecule has 2 aromatic rings. The number of carbonyl (C=O) groups is 1. The van der Waals surface area contributed by atoms with E-state index >= 15 is 0 Å². The van der Waals surface area contributed by atoms with Crippen molar-refractivity contribution in [1.82, 2.24) is 0 Å². The summed E-state index contributed by atoms with van der Waals surface area (Å²) in [5.74, 6) is -0.0403. The van der Waals surface area contributed by atoms with Crippen LogP contribution in [-0.2, 0) is 11.0 Å². The highest BCUT2D eigenvalue weighted by atomic mass is 32.2. The number of carboxylic acids is 1. The second kappa shape index (κ2) is 10.1. The average Bonchev–Trinajstić information content (AvgIpc) is 2.69. The molecular weight excluding hydrogens is 421 g/mol. The van der Waals surface area contributed by atoms with Crippen molar-refractivity contribution in [1.29, 1.82) is 0 Å². The summed E-state index contributed by atoms with van der Waals surface area (Å²) in [6, 6.07) is 9.59. The monoisotopic (exact) mass is 444 g/mol. The Bertz CT molecular complexity index is 855. The highest BCUT2D eigenvalue weighted by molar-refractivity contribution is 7.99. The van der Waals surface area contributed by atoms with Crippen LogP contribution in [0.1, 0.15) is 24.5 Å². The van der Waals surface area contributed by atoms with Crippen molar-refractivity contribution < 1.29 is 37.7 Å². The van der Waals surface area contributed by atoms with Crippen molar-refractivity contribution in [2.24, 2.45) is 0 Å². The van der Waals surface area contributed by atoms with Gasteiger partial charge in [-0.1, -0.05) is 6.92 Å². The molecule has 0 fully saturated rings. The highest BCUT2D eigenvalue weighted by Gasteiger charge is 2.30. The number of rotatable bonds is 10. The molecule has 0 bridgehead atoms. The number of thioether (sulfide) groups is 1. The fourth-order valence-electron chi connectivity index (χ4n) is 2.43. The molecule has 2 N–H and O–H groups in total. The van der Waals surface area contributed by atoms with Crippen LogP contribution in [0, 0.1) is 6.92 Å². The van der Waals surface area contributed by atoms with Crippen molar-refractivity contribution in [3.05, 3.63) is 53.6 Å². The fraction of sp³-hybridized carbons (Fsp3) is 0.381. The molecule has 0 aliphatic carbocycles. The molecule has 0 radical (unpaired) electrons. The van der Waals surface area contributed by atoms with Gasteiger partial charge in [0.1, 0.15) is 23.7 Å². The maximum absolute atomic E-state index is 12.6. The second-order valence-corrected chi connectivity index (χ2v) is 7.84. The van der Waals surface area contributed by atoms with E-state index in [0.717, 1.165) is 22.6 Å². The standard InChI is InChI=1S/C21H23F3O5S/c1-3-20(27,12-29-16-6-4-15(5-7-16)21(22,23)24)13-30-17-8-9-18(14(2)10-17)28-11-19(25)26/h4-10,27H,3,11-13H2,1-2H3,(H,25,26). The SMILES string of the molecule is CCC(O)(COc1ccc(C(F)(F)F)cc1)CSc1ccc(OCC(=O)O)c(C)c1. The maximum atomic E-state index is 12.6. The molecule has 2 aromatic carbocycles. The minimum Gasteiger partial charge on any atom is -0.491 e. The molecule has 1 unspecified atom stereocenters. The number of ether oxygens (including phenoxy) is 2. The lowest BCUT2D eigenvalue weighted by atomic mass is 10.1. The van der Waals surface area contributed by atoms with Crippen LogP contribution in [-0.4, -0.2) is 40.8 Å². The molecule has 164 valence electrons.